The molecule has 0 fully saturated rings. The van der Waals surface area contributed by atoms with Crippen molar-refractivity contribution >= 4 is 11.6 Å². The minimum absolute atomic E-state index is 0.214. The van der Waals surface area contributed by atoms with E-state index >= 15 is 0 Å². The smallest absolute Gasteiger partial charge is 0.307 e. The summed E-state index contributed by atoms with van der Waals surface area (Å²) in [6.07, 6.45) is 2.11. The molecule has 4 rings (SSSR count). The lowest BCUT2D eigenvalue weighted by atomic mass is 9.96. The first-order chi connectivity index (χ1) is 17.0. The maximum atomic E-state index is 11.9. The molecule has 0 saturated heterocycles. The molecular weight excluding hydrogens is 442 g/mol. The Hall–Kier alpha value is -4.31. The molecule has 0 aliphatic heterocycles. The summed E-state index contributed by atoms with van der Waals surface area (Å²) in [7, 11) is 0. The molecule has 0 spiro atoms. The van der Waals surface area contributed by atoms with Crippen molar-refractivity contribution in [1.82, 2.24) is 14.6 Å². The second kappa shape index (κ2) is 10.7. The van der Waals surface area contributed by atoms with E-state index in [4.69, 9.17) is 9.47 Å². The van der Waals surface area contributed by atoms with Crippen molar-refractivity contribution < 1.29 is 19.4 Å². The number of benzene rings is 2. The van der Waals surface area contributed by atoms with E-state index in [2.05, 4.69) is 21.9 Å². The number of phenolic OH excluding ortho intramolecular Hbond substituents is 1. The number of hydrogen-bond acceptors (Lipinski definition) is 6. The molecule has 35 heavy (non-hydrogen) atoms. The lowest BCUT2D eigenvalue weighted by Crippen LogP contribution is -2.09. The minimum atomic E-state index is -0.257. The average molecular weight is 470 g/mol. The predicted octanol–water partition coefficient (Wildman–Crippen LogP) is 5.05. The van der Waals surface area contributed by atoms with E-state index in [9.17, 15) is 9.90 Å². The summed E-state index contributed by atoms with van der Waals surface area (Å²) in [5.74, 6) is 7.04. The summed E-state index contributed by atoms with van der Waals surface area (Å²) in [6, 6.07) is 16.6. The van der Waals surface area contributed by atoms with Crippen LogP contribution in [0.15, 0.2) is 60.8 Å². The molecule has 2 aromatic carbocycles. The summed E-state index contributed by atoms with van der Waals surface area (Å²) in [4.78, 5) is 16.5. The van der Waals surface area contributed by atoms with Gasteiger partial charge in [0, 0.05) is 17.3 Å². The number of aryl methyl sites for hydroxylation is 1. The average Bonchev–Trinajstić information content (AvgIpc) is 3.26. The third-order valence-corrected chi connectivity index (χ3v) is 5.53. The number of ether oxygens (including phenoxy) is 2. The van der Waals surface area contributed by atoms with E-state index in [-0.39, 0.29) is 24.1 Å². The van der Waals surface area contributed by atoms with Gasteiger partial charge in [-0.3, -0.25) is 4.79 Å². The van der Waals surface area contributed by atoms with Crippen molar-refractivity contribution in [3.63, 3.8) is 0 Å². The number of carbonyl (C=O) groups is 1. The first kappa shape index (κ1) is 23.8. The number of rotatable bonds is 8. The fourth-order valence-electron chi connectivity index (χ4n) is 3.80. The fraction of sp³-hybridized carbons (Fsp3) is 0.250. The van der Waals surface area contributed by atoms with Gasteiger partial charge in [0.1, 0.15) is 18.1 Å². The lowest BCUT2D eigenvalue weighted by Gasteiger charge is -2.12. The molecule has 0 radical (unpaired) electrons. The highest BCUT2D eigenvalue weighted by molar-refractivity contribution is 5.71. The Morgan fingerprint density at radius 3 is 2.66 bits per heavy atom. The number of pyridine rings is 1. The van der Waals surface area contributed by atoms with Crippen LogP contribution in [0.1, 0.15) is 42.9 Å². The van der Waals surface area contributed by atoms with Gasteiger partial charge in [0.05, 0.1) is 18.9 Å². The van der Waals surface area contributed by atoms with Gasteiger partial charge in [-0.25, -0.2) is 9.50 Å². The van der Waals surface area contributed by atoms with Crippen LogP contribution in [0.4, 0.5) is 0 Å². The zero-order chi connectivity index (χ0) is 24.8. The van der Waals surface area contributed by atoms with Crippen molar-refractivity contribution in [3.05, 3.63) is 77.5 Å². The number of fused-ring (bicyclic) bond motifs is 1. The standard InChI is InChI=1S/C28H27N3O4/c1-4-6-22(16-27(33)34-5-2)21-8-11-24(12-9-21)35-18-20-7-14-26-29-28(30-31(26)17-20)25-13-10-23(32)15-19(25)3/h7-15,17,22,32H,5,16,18H2,1-3H3/t22-/m0/s1. The molecule has 0 aliphatic rings. The van der Waals surface area contributed by atoms with Crippen molar-refractivity contribution in [2.45, 2.75) is 39.7 Å². The maximum Gasteiger partial charge on any atom is 0.307 e. The molecule has 7 nitrogen and oxygen atoms in total. The van der Waals surface area contributed by atoms with Crippen molar-refractivity contribution in [1.29, 1.82) is 0 Å². The highest BCUT2D eigenvalue weighted by atomic mass is 16.5. The van der Waals surface area contributed by atoms with Gasteiger partial charge in [0.2, 0.25) is 0 Å². The first-order valence-electron chi connectivity index (χ1n) is 11.4. The molecule has 0 aliphatic carbocycles. The van der Waals surface area contributed by atoms with Crippen molar-refractivity contribution in [3.8, 4) is 34.7 Å². The van der Waals surface area contributed by atoms with Crippen LogP contribution in [0, 0.1) is 18.8 Å². The number of phenols is 1. The molecule has 4 aromatic rings. The molecule has 0 unspecified atom stereocenters. The van der Waals surface area contributed by atoms with Crippen LogP contribution in [-0.2, 0) is 16.1 Å². The van der Waals surface area contributed by atoms with Crippen LogP contribution in [0.25, 0.3) is 17.0 Å². The van der Waals surface area contributed by atoms with Crippen LogP contribution in [0.3, 0.4) is 0 Å². The van der Waals surface area contributed by atoms with E-state index < -0.39 is 0 Å². The van der Waals surface area contributed by atoms with Gasteiger partial charge in [-0.1, -0.05) is 24.1 Å². The maximum absolute atomic E-state index is 11.9. The quantitative estimate of drug-likeness (QED) is 0.287. The largest absolute Gasteiger partial charge is 0.508 e. The van der Waals surface area contributed by atoms with E-state index in [1.54, 1.807) is 30.5 Å². The Bertz CT molecular complexity index is 1400. The van der Waals surface area contributed by atoms with Gasteiger partial charge in [0.25, 0.3) is 0 Å². The summed E-state index contributed by atoms with van der Waals surface area (Å²) < 4.78 is 12.8. The van der Waals surface area contributed by atoms with E-state index in [0.29, 0.717) is 24.8 Å². The molecule has 1 N–H and O–H groups in total. The highest BCUT2D eigenvalue weighted by Crippen LogP contribution is 2.25. The monoisotopic (exact) mass is 469 g/mol. The Kier molecular flexibility index (Phi) is 7.32. The Balaban J connectivity index is 1.44. The zero-order valence-corrected chi connectivity index (χ0v) is 20.0. The van der Waals surface area contributed by atoms with Gasteiger partial charge in [0.15, 0.2) is 11.5 Å². The Morgan fingerprint density at radius 2 is 1.94 bits per heavy atom. The molecule has 2 aromatic heterocycles. The van der Waals surface area contributed by atoms with Crippen molar-refractivity contribution in [2.24, 2.45) is 0 Å². The second-order valence-corrected chi connectivity index (χ2v) is 8.09. The third kappa shape index (κ3) is 5.79. The summed E-state index contributed by atoms with van der Waals surface area (Å²) in [5, 5.41) is 14.2. The summed E-state index contributed by atoms with van der Waals surface area (Å²) >= 11 is 0. The minimum Gasteiger partial charge on any atom is -0.508 e. The van der Waals surface area contributed by atoms with Gasteiger partial charge in [-0.2, -0.15) is 0 Å². The Labute approximate surface area is 204 Å². The number of aromatic hydroxyl groups is 1. The van der Waals surface area contributed by atoms with E-state index in [1.165, 1.54) is 0 Å². The fourth-order valence-corrected chi connectivity index (χ4v) is 3.80. The molecular formula is C28H27N3O4. The van der Waals surface area contributed by atoms with Crippen molar-refractivity contribution in [2.75, 3.05) is 6.61 Å². The number of carbonyl (C=O) groups excluding carboxylic acids is 1. The molecule has 0 saturated carbocycles. The Morgan fingerprint density at radius 1 is 1.14 bits per heavy atom. The molecule has 2 heterocycles. The topological polar surface area (TPSA) is 86.0 Å². The molecule has 7 heteroatoms. The van der Waals surface area contributed by atoms with E-state index in [1.807, 2.05) is 55.6 Å². The second-order valence-electron chi connectivity index (χ2n) is 8.09. The summed E-state index contributed by atoms with van der Waals surface area (Å²) in [5.41, 5.74) is 4.39. The van der Waals surface area contributed by atoms with Gasteiger partial charge in [-0.05, 0) is 68.3 Å². The SMILES string of the molecule is CC#C[C@@H](CC(=O)OCC)c1ccc(OCc2ccc3nc(-c4ccc(O)cc4C)nn3c2)cc1. The number of esters is 1. The van der Waals surface area contributed by atoms with Crippen LogP contribution in [0.5, 0.6) is 11.5 Å². The van der Waals surface area contributed by atoms with E-state index in [0.717, 1.165) is 27.9 Å². The van der Waals surface area contributed by atoms with Crippen LogP contribution >= 0.6 is 0 Å². The third-order valence-electron chi connectivity index (χ3n) is 5.53. The van der Waals surface area contributed by atoms with Crippen LogP contribution in [0.2, 0.25) is 0 Å². The zero-order valence-electron chi connectivity index (χ0n) is 20.0. The highest BCUT2D eigenvalue weighted by Gasteiger charge is 2.15. The normalized spacial score (nSPS) is 11.5. The molecule has 178 valence electrons. The number of nitrogens with zero attached hydrogens (tertiary/aromatic N) is 3. The predicted molar refractivity (Wildman–Crippen MR) is 133 cm³/mol. The molecule has 0 amide bonds. The number of aromatic nitrogens is 3. The molecule has 1 atom stereocenters. The van der Waals surface area contributed by atoms with Gasteiger partial charge in [-0.15, -0.1) is 11.0 Å². The first-order valence-corrected chi connectivity index (χ1v) is 11.4. The van der Waals surface area contributed by atoms with Crippen LogP contribution in [-0.4, -0.2) is 32.3 Å². The van der Waals surface area contributed by atoms with Gasteiger partial charge < -0.3 is 14.6 Å². The lowest BCUT2D eigenvalue weighted by molar-refractivity contribution is -0.143. The van der Waals surface area contributed by atoms with Crippen LogP contribution < -0.4 is 4.74 Å². The molecule has 0 bridgehead atoms. The summed E-state index contributed by atoms with van der Waals surface area (Å²) in [6.45, 7) is 6.19. The number of hydrogen-bond donors (Lipinski definition) is 1. The van der Waals surface area contributed by atoms with Gasteiger partial charge >= 0.3 is 5.97 Å².